The molecule has 52 heavy (non-hydrogen) atoms. The van der Waals surface area contributed by atoms with E-state index in [9.17, 15) is 19.2 Å². The van der Waals surface area contributed by atoms with Gasteiger partial charge < -0.3 is 24.6 Å². The molecule has 1 spiro atoms. The van der Waals surface area contributed by atoms with Crippen molar-refractivity contribution in [2.45, 2.75) is 95.2 Å². The molecule has 3 aromatic heterocycles. The van der Waals surface area contributed by atoms with E-state index in [4.69, 9.17) is 9.97 Å². The normalized spacial score (nSPS) is 23.5. The second-order valence-electron chi connectivity index (χ2n) is 15.8. The van der Waals surface area contributed by atoms with Gasteiger partial charge in [-0.2, -0.15) is 5.26 Å². The molecule has 2 aliphatic carbocycles. The van der Waals surface area contributed by atoms with E-state index in [-0.39, 0.29) is 29.6 Å². The number of imidazole rings is 1. The van der Waals surface area contributed by atoms with Crippen LogP contribution in [0, 0.1) is 22.6 Å². The van der Waals surface area contributed by atoms with Gasteiger partial charge >= 0.3 is 0 Å². The molecule has 2 saturated carbocycles. The van der Waals surface area contributed by atoms with Gasteiger partial charge in [0.25, 0.3) is 0 Å². The van der Waals surface area contributed by atoms with Gasteiger partial charge in [-0.1, -0.05) is 18.6 Å². The number of hydrogen-bond acceptors (Lipinski definition) is 8. The summed E-state index contributed by atoms with van der Waals surface area (Å²) in [4.78, 5) is 48.4. The van der Waals surface area contributed by atoms with Crippen molar-refractivity contribution < 1.29 is 14.0 Å². The van der Waals surface area contributed by atoms with Crippen molar-refractivity contribution in [2.24, 2.45) is 5.41 Å². The van der Waals surface area contributed by atoms with Crippen LogP contribution in [0.5, 0.6) is 0 Å². The summed E-state index contributed by atoms with van der Waals surface area (Å²) >= 11 is 0. The molecule has 0 atom stereocenters. The van der Waals surface area contributed by atoms with E-state index in [0.29, 0.717) is 56.3 Å². The van der Waals surface area contributed by atoms with Gasteiger partial charge in [0.05, 0.1) is 40.9 Å². The Morgan fingerprint density at radius 3 is 2.48 bits per heavy atom. The molecule has 3 aliphatic heterocycles. The zero-order valence-electron chi connectivity index (χ0n) is 29.8. The summed E-state index contributed by atoms with van der Waals surface area (Å²) in [6, 6.07) is 12.7. The Hall–Kier alpha value is -4.89. The van der Waals surface area contributed by atoms with Crippen molar-refractivity contribution >= 4 is 40.0 Å². The lowest BCUT2D eigenvalue weighted by Gasteiger charge is -2.48. The Bertz CT molecular complexity index is 2110. The molecule has 4 aromatic rings. The first kappa shape index (κ1) is 33.0. The fourth-order valence-electron chi connectivity index (χ4n) is 9.13. The lowest BCUT2D eigenvalue weighted by Crippen LogP contribution is -2.58. The molecule has 2 amide bonds. The summed E-state index contributed by atoms with van der Waals surface area (Å²) < 4.78 is 16.9. The number of benzene rings is 1. The van der Waals surface area contributed by atoms with E-state index < -0.39 is 16.6 Å². The predicted molar refractivity (Wildman–Crippen MR) is 195 cm³/mol. The summed E-state index contributed by atoms with van der Waals surface area (Å²) in [5.74, 6) is 0.0554. The highest BCUT2D eigenvalue weighted by molar-refractivity contribution is 6.09. The minimum atomic E-state index is -0.867. The largest absolute Gasteiger partial charge is 0.341 e. The van der Waals surface area contributed by atoms with Gasteiger partial charge in [0.2, 0.25) is 11.8 Å². The zero-order chi connectivity index (χ0) is 35.8. The molecule has 9 rings (SSSR count). The lowest BCUT2D eigenvalue weighted by molar-refractivity contribution is -0.139. The van der Waals surface area contributed by atoms with Crippen molar-refractivity contribution in [2.75, 3.05) is 36.4 Å². The number of likely N-dealkylation sites (tertiary alicyclic amines) is 2. The van der Waals surface area contributed by atoms with Crippen LogP contribution in [-0.2, 0) is 15.0 Å². The van der Waals surface area contributed by atoms with Crippen LogP contribution in [-0.4, -0.2) is 79.4 Å². The maximum absolute atomic E-state index is 14.9. The number of nitrogens with one attached hydrogen (secondary N) is 1. The molecule has 2 saturated heterocycles. The fraction of sp³-hybridized carbons (Fsp3) is 0.500. The van der Waals surface area contributed by atoms with Crippen molar-refractivity contribution in [1.82, 2.24) is 29.3 Å². The first-order chi connectivity index (χ1) is 25.2. The summed E-state index contributed by atoms with van der Waals surface area (Å²) in [5, 5.41) is 12.9. The first-order valence-corrected chi connectivity index (χ1v) is 18.9. The number of fused-ring (bicyclic) bond motifs is 3. The molecular formula is C40H44FN9O2. The van der Waals surface area contributed by atoms with Gasteiger partial charge in [0.1, 0.15) is 10.9 Å². The van der Waals surface area contributed by atoms with Crippen molar-refractivity contribution in [3.63, 3.8) is 0 Å². The van der Waals surface area contributed by atoms with E-state index in [0.717, 1.165) is 53.8 Å². The van der Waals surface area contributed by atoms with Crippen LogP contribution < -0.4 is 10.2 Å². The summed E-state index contributed by atoms with van der Waals surface area (Å²) in [7, 11) is 0. The molecule has 1 aromatic carbocycles. The number of nitriles is 1. The Morgan fingerprint density at radius 1 is 1.02 bits per heavy atom. The first-order valence-electron chi connectivity index (χ1n) is 18.9. The average molecular weight is 702 g/mol. The third-order valence-corrected chi connectivity index (χ3v) is 12.5. The fourth-order valence-corrected chi connectivity index (χ4v) is 9.13. The van der Waals surface area contributed by atoms with E-state index >= 15 is 0 Å². The van der Waals surface area contributed by atoms with E-state index in [1.807, 2.05) is 21.6 Å². The Balaban J connectivity index is 1.09. The molecule has 0 radical (unpaired) electrons. The van der Waals surface area contributed by atoms with Gasteiger partial charge in [-0.3, -0.25) is 14.6 Å². The number of rotatable bonds is 7. The minimum absolute atomic E-state index is 0.0801. The zero-order valence-corrected chi connectivity index (χ0v) is 29.8. The molecule has 12 heteroatoms. The van der Waals surface area contributed by atoms with Crippen LogP contribution in [0.3, 0.4) is 0 Å². The molecule has 1 N–H and O–H groups in total. The molecule has 0 bridgehead atoms. The summed E-state index contributed by atoms with van der Waals surface area (Å²) in [6.45, 7) is 7.31. The van der Waals surface area contributed by atoms with Gasteiger partial charge in [0.15, 0.2) is 11.6 Å². The van der Waals surface area contributed by atoms with E-state index in [1.165, 1.54) is 25.5 Å². The summed E-state index contributed by atoms with van der Waals surface area (Å²) in [5.41, 5.74) is 3.63. The third kappa shape index (κ3) is 5.18. The van der Waals surface area contributed by atoms with Crippen LogP contribution >= 0.6 is 0 Å². The molecular weight excluding hydrogens is 657 g/mol. The average Bonchev–Trinajstić information content (AvgIpc) is 3.77. The quantitative estimate of drug-likeness (QED) is 0.232. The number of piperidine rings is 2. The SMILES string of the molecule is CC(C)n1cnc2cc(-c3ccc4c(c3)N([C@H]3C[C@@H](N5CCCCC5)C3)C(=O)C43CCN(C(=O)C4(C#N)CC4)CC3)nc(Nc3ccncc3F)c21. The Labute approximate surface area is 302 Å². The minimum Gasteiger partial charge on any atom is -0.341 e. The van der Waals surface area contributed by atoms with Crippen LogP contribution in [0.2, 0.25) is 0 Å². The second kappa shape index (κ2) is 12.4. The highest BCUT2D eigenvalue weighted by Crippen LogP contribution is 2.53. The topological polar surface area (TPSA) is 123 Å². The van der Waals surface area contributed by atoms with Gasteiger partial charge in [0, 0.05) is 48.7 Å². The van der Waals surface area contributed by atoms with Crippen LogP contribution in [0.25, 0.3) is 22.3 Å². The van der Waals surface area contributed by atoms with Gasteiger partial charge in [-0.15, -0.1) is 0 Å². The Kier molecular flexibility index (Phi) is 7.84. The number of aromatic nitrogens is 4. The van der Waals surface area contributed by atoms with Crippen molar-refractivity contribution in [1.29, 1.82) is 5.26 Å². The van der Waals surface area contributed by atoms with Crippen LogP contribution in [0.1, 0.15) is 83.2 Å². The molecule has 11 nitrogen and oxygen atoms in total. The predicted octanol–water partition coefficient (Wildman–Crippen LogP) is 6.48. The molecule has 4 fully saturated rings. The highest BCUT2D eigenvalue weighted by atomic mass is 19.1. The number of pyridine rings is 2. The summed E-state index contributed by atoms with van der Waals surface area (Å²) in [6.07, 6.45) is 12.5. The molecule has 5 aliphatic rings. The Morgan fingerprint density at radius 2 is 1.79 bits per heavy atom. The lowest BCUT2D eigenvalue weighted by atomic mass is 9.73. The smallest absolute Gasteiger partial charge is 0.243 e. The number of carbonyl (C=O) groups is 2. The van der Waals surface area contributed by atoms with Crippen LogP contribution in [0.4, 0.5) is 21.6 Å². The number of hydrogen-bond donors (Lipinski definition) is 1. The number of halogens is 1. The van der Waals surface area contributed by atoms with Crippen molar-refractivity contribution in [3.8, 4) is 17.3 Å². The molecule has 0 unspecified atom stereocenters. The third-order valence-electron chi connectivity index (χ3n) is 12.5. The molecule has 268 valence electrons. The second-order valence-corrected chi connectivity index (χ2v) is 15.8. The monoisotopic (exact) mass is 701 g/mol. The maximum Gasteiger partial charge on any atom is 0.243 e. The standard InChI is InChI=1S/C40H44FN9O2/c1-25(2)49-24-44-33-21-32(46-36(35(33)49)45-31-8-13-43-22-30(31)41)26-6-7-29-34(18-26)50(28-19-27(20-28)47-14-4-3-5-15-47)38(52)40(29)11-16-48(17-12-40)37(51)39(23-42)9-10-39/h6-8,13,18,21-22,24-25,27-28H,3-5,9-12,14-17,19-20H2,1-2H3,(H,43,45,46)/t27-,28+. The van der Waals surface area contributed by atoms with E-state index in [1.54, 1.807) is 18.6 Å². The van der Waals surface area contributed by atoms with Crippen LogP contribution in [0.15, 0.2) is 49.1 Å². The number of amides is 2. The number of carbonyl (C=O) groups excluding carboxylic acids is 2. The number of nitrogens with zero attached hydrogens (tertiary/aromatic N) is 8. The van der Waals surface area contributed by atoms with Crippen molar-refractivity contribution in [3.05, 3.63) is 60.4 Å². The number of anilines is 3. The van der Waals surface area contributed by atoms with Gasteiger partial charge in [-0.25, -0.2) is 14.4 Å². The maximum atomic E-state index is 14.9. The van der Waals surface area contributed by atoms with Gasteiger partial charge in [-0.05, 0) is 102 Å². The molecule has 6 heterocycles. The highest BCUT2D eigenvalue weighted by Gasteiger charge is 2.58. The van der Waals surface area contributed by atoms with E-state index in [2.05, 4.69) is 52.2 Å².